The number of primary amides is 1. The Morgan fingerprint density at radius 2 is 1.87 bits per heavy atom. The predicted octanol–water partition coefficient (Wildman–Crippen LogP) is 0.182. The molecule has 2 aromatic heterocycles. The van der Waals surface area contributed by atoms with Crippen LogP contribution in [-0.4, -0.2) is 79.3 Å². The van der Waals surface area contributed by atoms with Gasteiger partial charge in [0, 0.05) is 23.9 Å². The van der Waals surface area contributed by atoms with Crippen LogP contribution in [0.3, 0.4) is 0 Å². The number of benzene rings is 1. The van der Waals surface area contributed by atoms with Crippen molar-refractivity contribution in [1.82, 2.24) is 14.3 Å². The topological polar surface area (TPSA) is 172 Å². The average Bonchev–Trinajstić information content (AvgIpc) is 3.30. The maximum atomic E-state index is 13.9. The van der Waals surface area contributed by atoms with Crippen LogP contribution < -0.4 is 5.73 Å². The first-order valence-electron chi connectivity index (χ1n) is 12.6. The summed E-state index contributed by atoms with van der Waals surface area (Å²) in [6.45, 7) is 0. The number of hydrogen-bond acceptors (Lipinski definition) is 9. The van der Waals surface area contributed by atoms with E-state index in [0.29, 0.717) is 22.5 Å². The fourth-order valence-corrected chi connectivity index (χ4v) is 6.91. The third-order valence-electron chi connectivity index (χ3n) is 8.58. The molecule has 0 aliphatic heterocycles. The van der Waals surface area contributed by atoms with E-state index in [1.807, 2.05) is 28.8 Å². The summed E-state index contributed by atoms with van der Waals surface area (Å²) in [6.07, 6.45) is 3.79. The summed E-state index contributed by atoms with van der Waals surface area (Å²) in [4.78, 5) is 72.5. The standard InChI is InChI=1S/C28H26N4O7/c1-31(2)22-15-10-12-9-14-13(16-11-32-8-4-3-5-18(32)30-16)6-7-17(33)20(14)23(34)19(12)25(36)28(15,39)26(37)21(24(22)35)27(29)38/h3-8,11-12,15,19,21-22,33,39H,9-10H2,1-2H3,(H2,29,38)/t12-,15-,19?,21?,22-,28-/m0/s1. The number of fused-ring (bicyclic) bond motifs is 4. The van der Waals surface area contributed by atoms with Gasteiger partial charge in [-0.1, -0.05) is 6.07 Å². The Morgan fingerprint density at radius 1 is 1.13 bits per heavy atom. The van der Waals surface area contributed by atoms with Crippen LogP contribution >= 0.6 is 0 Å². The normalized spacial score (nSPS) is 30.3. The number of phenolic OH excluding ortho intramolecular Hbond substituents is 1. The van der Waals surface area contributed by atoms with E-state index in [1.54, 1.807) is 26.4 Å². The Kier molecular flexibility index (Phi) is 5.39. The van der Waals surface area contributed by atoms with Gasteiger partial charge in [-0.2, -0.15) is 0 Å². The number of aromatic hydroxyl groups is 1. The van der Waals surface area contributed by atoms with Crippen molar-refractivity contribution in [2.75, 3.05) is 14.1 Å². The van der Waals surface area contributed by atoms with Gasteiger partial charge in [-0.05, 0) is 62.7 Å². The molecule has 2 heterocycles. The van der Waals surface area contributed by atoms with Crippen LogP contribution in [0.25, 0.3) is 16.9 Å². The monoisotopic (exact) mass is 530 g/mol. The number of aliphatic hydroxyl groups is 1. The summed E-state index contributed by atoms with van der Waals surface area (Å²) in [6, 6.07) is 7.40. The van der Waals surface area contributed by atoms with E-state index in [2.05, 4.69) is 4.98 Å². The van der Waals surface area contributed by atoms with Crippen molar-refractivity contribution >= 4 is 34.7 Å². The van der Waals surface area contributed by atoms with Gasteiger partial charge in [-0.25, -0.2) is 4.98 Å². The summed E-state index contributed by atoms with van der Waals surface area (Å²) in [7, 11) is 3.10. The number of nitrogens with two attached hydrogens (primary N) is 1. The summed E-state index contributed by atoms with van der Waals surface area (Å²) in [5.41, 5.74) is 4.92. The van der Waals surface area contributed by atoms with E-state index < -0.39 is 64.4 Å². The molecule has 3 aliphatic rings. The van der Waals surface area contributed by atoms with Crippen molar-refractivity contribution < 1.29 is 34.2 Å². The second-order valence-electron chi connectivity index (χ2n) is 10.9. The summed E-state index contributed by atoms with van der Waals surface area (Å²) in [5, 5.41) is 22.4. The Balaban J connectivity index is 1.49. The molecule has 0 bridgehead atoms. The third kappa shape index (κ3) is 3.29. The lowest BCUT2D eigenvalue weighted by atomic mass is 9.52. The van der Waals surface area contributed by atoms with E-state index in [9.17, 15) is 34.2 Å². The van der Waals surface area contributed by atoms with Crippen LogP contribution in [0.4, 0.5) is 0 Å². The molecule has 6 rings (SSSR count). The number of nitrogens with zero attached hydrogens (tertiary/aromatic N) is 3. The number of phenols is 1. The average molecular weight is 531 g/mol. The van der Waals surface area contributed by atoms with Gasteiger partial charge < -0.3 is 20.3 Å². The van der Waals surface area contributed by atoms with Crippen molar-refractivity contribution in [2.45, 2.75) is 24.5 Å². The van der Waals surface area contributed by atoms with Crippen LogP contribution in [0.5, 0.6) is 5.75 Å². The number of pyridine rings is 1. The molecular weight excluding hydrogens is 504 g/mol. The van der Waals surface area contributed by atoms with Crippen molar-refractivity contribution in [1.29, 1.82) is 0 Å². The summed E-state index contributed by atoms with van der Waals surface area (Å²) >= 11 is 0. The molecule has 3 aliphatic carbocycles. The van der Waals surface area contributed by atoms with Gasteiger partial charge in [0.15, 0.2) is 34.7 Å². The molecule has 1 aromatic carbocycles. The lowest BCUT2D eigenvalue weighted by Gasteiger charge is -2.52. The highest BCUT2D eigenvalue weighted by atomic mass is 16.3. The molecule has 3 aromatic rings. The van der Waals surface area contributed by atoms with Crippen molar-refractivity contribution in [3.8, 4) is 17.0 Å². The number of aromatic nitrogens is 2. The van der Waals surface area contributed by atoms with Gasteiger partial charge in [0.05, 0.1) is 23.2 Å². The SMILES string of the molecule is CN(C)[C@@H]1C(=O)C(C(N)=O)C(=O)[C@@]2(O)C(=O)C3C(=O)c4c(O)ccc(-c5cn6ccccc6n5)c4C[C@H]3C[C@@H]12. The molecule has 200 valence electrons. The molecule has 0 radical (unpaired) electrons. The number of carbonyl (C=O) groups excluding carboxylic acids is 5. The van der Waals surface area contributed by atoms with E-state index in [4.69, 9.17) is 5.73 Å². The number of imidazole rings is 1. The minimum Gasteiger partial charge on any atom is -0.507 e. The first-order valence-corrected chi connectivity index (χ1v) is 12.6. The van der Waals surface area contributed by atoms with Crippen LogP contribution in [-0.2, 0) is 25.6 Å². The fourth-order valence-electron chi connectivity index (χ4n) is 6.91. The van der Waals surface area contributed by atoms with Crippen LogP contribution in [0.1, 0.15) is 22.3 Å². The zero-order valence-electron chi connectivity index (χ0n) is 21.2. The molecule has 0 saturated heterocycles. The number of Topliss-reactive ketones (excluding diaryl/α,β-unsaturated/α-hetero) is 4. The zero-order valence-corrected chi connectivity index (χ0v) is 21.2. The smallest absolute Gasteiger partial charge is 0.235 e. The maximum absolute atomic E-state index is 13.9. The largest absolute Gasteiger partial charge is 0.507 e. The highest BCUT2D eigenvalue weighted by molar-refractivity contribution is 6.32. The minimum atomic E-state index is -2.74. The lowest BCUT2D eigenvalue weighted by Crippen LogP contribution is -2.74. The first-order chi connectivity index (χ1) is 18.5. The molecule has 0 spiro atoms. The Hall–Kier alpha value is -4.22. The number of hydrogen-bond donors (Lipinski definition) is 3. The van der Waals surface area contributed by atoms with Gasteiger partial charge in [0.2, 0.25) is 5.91 Å². The molecule has 2 unspecified atom stereocenters. The van der Waals surface area contributed by atoms with Gasteiger partial charge in [0.1, 0.15) is 11.4 Å². The van der Waals surface area contributed by atoms with Crippen LogP contribution in [0, 0.1) is 23.7 Å². The Morgan fingerprint density at radius 3 is 2.54 bits per heavy atom. The Labute approximate surface area is 222 Å². The van der Waals surface area contributed by atoms with Crippen LogP contribution in [0.2, 0.25) is 0 Å². The van der Waals surface area contributed by atoms with E-state index in [0.717, 1.165) is 0 Å². The van der Waals surface area contributed by atoms with Gasteiger partial charge in [-0.3, -0.25) is 28.9 Å². The van der Waals surface area contributed by atoms with Crippen molar-refractivity contribution in [3.63, 3.8) is 0 Å². The fraction of sp³-hybridized carbons (Fsp3) is 0.357. The van der Waals surface area contributed by atoms with Gasteiger partial charge in [0.25, 0.3) is 0 Å². The predicted molar refractivity (Wildman–Crippen MR) is 136 cm³/mol. The highest BCUT2D eigenvalue weighted by Crippen LogP contribution is 2.51. The summed E-state index contributed by atoms with van der Waals surface area (Å²) in [5.74, 6) is -10.7. The number of likely N-dealkylation sites (N-methyl/N-ethyl adjacent to an activating group) is 1. The minimum absolute atomic E-state index is 0.00976. The molecule has 2 fully saturated rings. The molecule has 11 heteroatoms. The molecule has 2 saturated carbocycles. The van der Waals surface area contributed by atoms with E-state index in [1.165, 1.54) is 11.0 Å². The van der Waals surface area contributed by atoms with Gasteiger partial charge >= 0.3 is 0 Å². The number of carbonyl (C=O) groups is 5. The third-order valence-corrected chi connectivity index (χ3v) is 8.58. The maximum Gasteiger partial charge on any atom is 0.235 e. The molecule has 4 N–H and O–H groups in total. The molecule has 1 amide bonds. The van der Waals surface area contributed by atoms with Gasteiger partial charge in [-0.15, -0.1) is 0 Å². The number of amides is 1. The summed E-state index contributed by atoms with van der Waals surface area (Å²) < 4.78 is 1.82. The second kappa shape index (κ2) is 8.39. The molecule has 39 heavy (non-hydrogen) atoms. The Bertz CT molecular complexity index is 1590. The highest BCUT2D eigenvalue weighted by Gasteiger charge is 2.69. The lowest BCUT2D eigenvalue weighted by molar-refractivity contribution is -0.181. The number of rotatable bonds is 3. The molecule has 11 nitrogen and oxygen atoms in total. The molecular formula is C28H26N4O7. The van der Waals surface area contributed by atoms with E-state index in [-0.39, 0.29) is 24.2 Å². The van der Waals surface area contributed by atoms with E-state index >= 15 is 0 Å². The van der Waals surface area contributed by atoms with Crippen molar-refractivity contribution in [3.05, 3.63) is 53.9 Å². The van der Waals surface area contributed by atoms with Crippen LogP contribution in [0.15, 0.2) is 42.7 Å². The second-order valence-corrected chi connectivity index (χ2v) is 10.9. The van der Waals surface area contributed by atoms with Crippen molar-refractivity contribution in [2.24, 2.45) is 29.4 Å². The zero-order chi connectivity index (χ0) is 28.0. The molecule has 6 atom stereocenters. The first kappa shape index (κ1) is 25.1. The quantitative estimate of drug-likeness (QED) is 0.399. The number of ketones is 4.